The molecule has 0 bridgehead atoms. The minimum Gasteiger partial charge on any atom is -0.396 e. The molecule has 2 aromatic carbocycles. The third-order valence-corrected chi connectivity index (χ3v) is 8.19. The first-order valence-corrected chi connectivity index (χ1v) is 12.3. The molecule has 30 heavy (non-hydrogen) atoms. The van der Waals surface area contributed by atoms with Crippen molar-refractivity contribution in [3.05, 3.63) is 69.1 Å². The summed E-state index contributed by atoms with van der Waals surface area (Å²) in [6, 6.07) is 12.3. The van der Waals surface area contributed by atoms with Crippen LogP contribution in [0.15, 0.2) is 47.4 Å². The molecule has 0 radical (unpaired) electrons. The Kier molecular flexibility index (Phi) is 6.55. The third-order valence-electron chi connectivity index (χ3n) is 4.88. The zero-order valence-corrected chi connectivity index (χ0v) is 19.3. The molecular weight excluding hydrogens is 440 g/mol. The lowest BCUT2D eigenvalue weighted by molar-refractivity contribution is 0.104. The maximum absolute atomic E-state index is 13.1. The van der Waals surface area contributed by atoms with Gasteiger partial charge in [-0.15, -0.1) is 11.3 Å². The van der Waals surface area contributed by atoms with Crippen molar-refractivity contribution < 1.29 is 13.2 Å². The summed E-state index contributed by atoms with van der Waals surface area (Å²) in [5.74, 6) is -0.457. The lowest BCUT2D eigenvalue weighted by atomic mass is 10.1. The second-order valence-corrected chi connectivity index (χ2v) is 10.5. The predicted octanol–water partition coefficient (Wildman–Crippen LogP) is 5.62. The molecular formula is C22H23ClN2O3S2. The van der Waals surface area contributed by atoms with E-state index in [1.54, 1.807) is 31.2 Å². The van der Waals surface area contributed by atoms with Gasteiger partial charge >= 0.3 is 0 Å². The zero-order chi connectivity index (χ0) is 22.1. The Hall–Kier alpha value is -2.35. The van der Waals surface area contributed by atoms with E-state index in [9.17, 15) is 13.2 Å². The monoisotopic (exact) mass is 462 g/mol. The number of nitrogens with two attached hydrogens (primary N) is 1. The number of carbonyl (C=O) groups excluding carboxylic acids is 1. The molecule has 0 fully saturated rings. The van der Waals surface area contributed by atoms with Crippen LogP contribution in [-0.4, -0.2) is 20.0 Å². The first kappa shape index (κ1) is 22.3. The van der Waals surface area contributed by atoms with E-state index < -0.39 is 9.84 Å². The maximum Gasteiger partial charge on any atom is 0.205 e. The molecule has 5 nitrogen and oxygen atoms in total. The highest BCUT2D eigenvalue weighted by molar-refractivity contribution is 7.92. The Morgan fingerprint density at radius 3 is 2.40 bits per heavy atom. The van der Waals surface area contributed by atoms with Gasteiger partial charge < -0.3 is 11.1 Å². The number of rotatable bonds is 7. The van der Waals surface area contributed by atoms with E-state index in [4.69, 9.17) is 17.3 Å². The van der Waals surface area contributed by atoms with Gasteiger partial charge in [-0.3, -0.25) is 4.79 Å². The van der Waals surface area contributed by atoms with Crippen molar-refractivity contribution in [1.29, 1.82) is 0 Å². The van der Waals surface area contributed by atoms with Crippen molar-refractivity contribution in [3.63, 3.8) is 0 Å². The molecule has 0 amide bonds. The molecule has 8 heteroatoms. The van der Waals surface area contributed by atoms with Gasteiger partial charge in [-0.25, -0.2) is 8.42 Å². The van der Waals surface area contributed by atoms with E-state index in [0.717, 1.165) is 34.6 Å². The summed E-state index contributed by atoms with van der Waals surface area (Å²) in [6.45, 7) is 5.54. The fourth-order valence-corrected chi connectivity index (χ4v) is 5.92. The van der Waals surface area contributed by atoms with E-state index in [2.05, 4.69) is 5.32 Å². The van der Waals surface area contributed by atoms with E-state index in [0.29, 0.717) is 15.6 Å². The summed E-state index contributed by atoms with van der Waals surface area (Å²) in [5, 5.41) is 4.13. The van der Waals surface area contributed by atoms with Crippen LogP contribution in [0.2, 0.25) is 5.02 Å². The molecule has 0 spiro atoms. The second-order valence-electron chi connectivity index (χ2n) is 6.83. The molecule has 0 atom stereocenters. The molecule has 1 aromatic heterocycles. The predicted molar refractivity (Wildman–Crippen MR) is 125 cm³/mol. The van der Waals surface area contributed by atoms with Crippen molar-refractivity contribution in [2.45, 2.75) is 32.1 Å². The minimum absolute atomic E-state index is 0.0161. The first-order valence-electron chi connectivity index (χ1n) is 9.50. The topological polar surface area (TPSA) is 89.3 Å². The van der Waals surface area contributed by atoms with E-state index >= 15 is 0 Å². The van der Waals surface area contributed by atoms with Gasteiger partial charge in [-0.1, -0.05) is 43.6 Å². The average molecular weight is 463 g/mol. The number of benzene rings is 2. The summed E-state index contributed by atoms with van der Waals surface area (Å²) in [4.78, 5) is 13.2. The standard InChI is InChI=1S/C22H23ClN2O3S2/c1-4-14-8-6-7-13(3)18(14)25-22-21(30(27,28)5-2)17(24)20(29-22)19(26)15-9-11-16(23)12-10-15/h6-12,25H,4-5,24H2,1-3H3. The van der Waals surface area contributed by atoms with Crippen LogP contribution in [0.25, 0.3) is 0 Å². The van der Waals surface area contributed by atoms with Gasteiger partial charge in [0, 0.05) is 16.3 Å². The van der Waals surface area contributed by atoms with Crippen molar-refractivity contribution in [2.75, 3.05) is 16.8 Å². The number of hydrogen-bond donors (Lipinski definition) is 2. The summed E-state index contributed by atoms with van der Waals surface area (Å²) in [5.41, 5.74) is 9.48. The molecule has 158 valence electrons. The fourth-order valence-electron chi connectivity index (χ4n) is 3.18. The number of sulfone groups is 1. The van der Waals surface area contributed by atoms with E-state index in [1.807, 2.05) is 32.0 Å². The number of carbonyl (C=O) groups is 1. The smallest absolute Gasteiger partial charge is 0.205 e. The number of aryl methyl sites for hydroxylation is 2. The molecule has 0 saturated heterocycles. The van der Waals surface area contributed by atoms with Crippen molar-refractivity contribution in [3.8, 4) is 0 Å². The highest BCUT2D eigenvalue weighted by atomic mass is 35.5. The van der Waals surface area contributed by atoms with Gasteiger partial charge in [-0.05, 0) is 48.7 Å². The largest absolute Gasteiger partial charge is 0.396 e. The fraction of sp³-hybridized carbons (Fsp3) is 0.227. The van der Waals surface area contributed by atoms with Crippen molar-refractivity contribution in [2.24, 2.45) is 0 Å². The van der Waals surface area contributed by atoms with Crippen LogP contribution in [0.5, 0.6) is 0 Å². The Bertz CT molecular complexity index is 1200. The highest BCUT2D eigenvalue weighted by Crippen LogP contribution is 2.43. The molecule has 0 saturated carbocycles. The van der Waals surface area contributed by atoms with Crippen LogP contribution in [0.4, 0.5) is 16.4 Å². The molecule has 0 aliphatic carbocycles. The molecule has 0 aliphatic rings. The number of thiophene rings is 1. The molecule has 3 N–H and O–H groups in total. The normalized spacial score (nSPS) is 11.5. The SMILES string of the molecule is CCc1cccc(C)c1Nc1sc(C(=O)c2ccc(Cl)cc2)c(N)c1S(=O)(=O)CC. The maximum atomic E-state index is 13.1. The first-order chi connectivity index (χ1) is 14.2. The van der Waals surface area contributed by atoms with Crippen LogP contribution < -0.4 is 11.1 Å². The number of para-hydroxylation sites is 1. The Labute approximate surface area is 185 Å². The molecule has 3 aromatic rings. The van der Waals surface area contributed by atoms with E-state index in [1.165, 1.54) is 0 Å². The molecule has 1 heterocycles. The third kappa shape index (κ3) is 4.24. The van der Waals surface area contributed by atoms with Crippen LogP contribution in [0.3, 0.4) is 0 Å². The number of halogens is 1. The van der Waals surface area contributed by atoms with Crippen LogP contribution in [0.1, 0.15) is 40.2 Å². The van der Waals surface area contributed by atoms with E-state index in [-0.39, 0.29) is 27.0 Å². The van der Waals surface area contributed by atoms with Gasteiger partial charge in [0.25, 0.3) is 0 Å². The highest BCUT2D eigenvalue weighted by Gasteiger charge is 2.29. The van der Waals surface area contributed by atoms with Gasteiger partial charge in [0.1, 0.15) is 14.8 Å². The van der Waals surface area contributed by atoms with Crippen LogP contribution in [-0.2, 0) is 16.3 Å². The number of anilines is 3. The number of nitrogens with one attached hydrogen (secondary N) is 1. The Morgan fingerprint density at radius 1 is 1.13 bits per heavy atom. The molecule has 3 rings (SSSR count). The summed E-state index contributed by atoms with van der Waals surface area (Å²) >= 11 is 6.97. The lowest BCUT2D eigenvalue weighted by Gasteiger charge is -2.14. The zero-order valence-electron chi connectivity index (χ0n) is 17.0. The summed E-state index contributed by atoms with van der Waals surface area (Å²) in [7, 11) is -3.66. The number of ketones is 1. The van der Waals surface area contributed by atoms with Gasteiger partial charge in [0.05, 0.1) is 11.4 Å². The number of hydrogen-bond acceptors (Lipinski definition) is 6. The van der Waals surface area contributed by atoms with Gasteiger partial charge in [0.2, 0.25) is 5.78 Å². The lowest BCUT2D eigenvalue weighted by Crippen LogP contribution is -2.10. The summed E-state index contributed by atoms with van der Waals surface area (Å²) < 4.78 is 25.7. The number of nitrogen functional groups attached to an aromatic ring is 1. The molecule has 0 unspecified atom stereocenters. The van der Waals surface area contributed by atoms with Crippen LogP contribution >= 0.6 is 22.9 Å². The second kappa shape index (κ2) is 8.79. The van der Waals surface area contributed by atoms with Gasteiger partial charge in [-0.2, -0.15) is 0 Å². The quantitative estimate of drug-likeness (QED) is 0.444. The summed E-state index contributed by atoms with van der Waals surface area (Å²) in [6.07, 6.45) is 0.775. The van der Waals surface area contributed by atoms with Crippen molar-refractivity contribution in [1.82, 2.24) is 0 Å². The van der Waals surface area contributed by atoms with Gasteiger partial charge in [0.15, 0.2) is 9.84 Å². The minimum atomic E-state index is -3.66. The molecule has 0 aliphatic heterocycles. The Balaban J connectivity index is 2.17. The average Bonchev–Trinajstić information content (AvgIpc) is 3.06. The Morgan fingerprint density at radius 2 is 1.80 bits per heavy atom. The van der Waals surface area contributed by atoms with Crippen molar-refractivity contribution >= 4 is 54.9 Å². The van der Waals surface area contributed by atoms with Crippen LogP contribution in [0, 0.1) is 6.92 Å².